The summed E-state index contributed by atoms with van der Waals surface area (Å²) in [5.41, 5.74) is 10.7. The zero-order chi connectivity index (χ0) is 11.7. The second kappa shape index (κ2) is 3.61. The molecule has 0 aliphatic heterocycles. The van der Waals surface area contributed by atoms with Crippen LogP contribution in [0.4, 0.5) is 16.0 Å². The Bertz CT molecular complexity index is 551. The van der Waals surface area contributed by atoms with Crippen molar-refractivity contribution in [2.45, 2.75) is 0 Å². The zero-order valence-electron chi connectivity index (χ0n) is 8.09. The molecule has 4 N–H and O–H groups in total. The van der Waals surface area contributed by atoms with Gasteiger partial charge in [0.2, 0.25) is 5.95 Å². The number of nitrogen functional groups attached to an aromatic ring is 2. The molecule has 7 heteroatoms. The van der Waals surface area contributed by atoms with Gasteiger partial charge in [0.25, 0.3) is 5.91 Å². The van der Waals surface area contributed by atoms with E-state index in [4.69, 9.17) is 11.5 Å². The first-order valence-corrected chi connectivity index (χ1v) is 4.35. The molecular formula is C9H8FN5O. The number of anilines is 2. The minimum absolute atomic E-state index is 0.0107. The normalized spacial score (nSPS) is 10.3. The number of hydrogen-bond acceptors (Lipinski definition) is 5. The van der Waals surface area contributed by atoms with E-state index in [2.05, 4.69) is 10.1 Å². The van der Waals surface area contributed by atoms with Gasteiger partial charge in [0, 0.05) is 5.56 Å². The zero-order valence-corrected chi connectivity index (χ0v) is 8.09. The van der Waals surface area contributed by atoms with E-state index in [0.29, 0.717) is 0 Å². The van der Waals surface area contributed by atoms with Crippen LogP contribution >= 0.6 is 0 Å². The SMILES string of the molecule is Nc1ncn(C(=O)c2ccc(F)c(N)c2)n1. The maximum absolute atomic E-state index is 12.9. The van der Waals surface area contributed by atoms with Gasteiger partial charge in [-0.1, -0.05) is 0 Å². The maximum atomic E-state index is 12.9. The number of nitrogens with zero attached hydrogens (tertiary/aromatic N) is 3. The lowest BCUT2D eigenvalue weighted by atomic mass is 10.2. The van der Waals surface area contributed by atoms with Gasteiger partial charge in [-0.25, -0.2) is 9.37 Å². The fraction of sp³-hybridized carbons (Fsp3) is 0. The highest BCUT2D eigenvalue weighted by atomic mass is 19.1. The third kappa shape index (κ3) is 1.70. The van der Waals surface area contributed by atoms with Crippen LogP contribution in [0.2, 0.25) is 0 Å². The van der Waals surface area contributed by atoms with E-state index in [1.165, 1.54) is 18.5 Å². The summed E-state index contributed by atoms with van der Waals surface area (Å²) < 4.78 is 13.8. The predicted octanol–water partition coefficient (Wildman–Crippen LogP) is 0.270. The summed E-state index contributed by atoms with van der Waals surface area (Å²) in [6.45, 7) is 0. The Morgan fingerprint density at radius 2 is 2.12 bits per heavy atom. The molecule has 1 aromatic carbocycles. The lowest BCUT2D eigenvalue weighted by Gasteiger charge is -2.01. The minimum atomic E-state index is -0.574. The highest BCUT2D eigenvalue weighted by molar-refractivity contribution is 5.96. The van der Waals surface area contributed by atoms with Crippen LogP contribution in [-0.4, -0.2) is 20.7 Å². The molecule has 1 aromatic heterocycles. The Balaban J connectivity index is 2.38. The first-order chi connectivity index (χ1) is 7.58. The second-order valence-electron chi connectivity index (χ2n) is 3.09. The molecule has 0 unspecified atom stereocenters. The fourth-order valence-corrected chi connectivity index (χ4v) is 1.18. The van der Waals surface area contributed by atoms with Crippen LogP contribution in [-0.2, 0) is 0 Å². The van der Waals surface area contributed by atoms with E-state index in [1.54, 1.807) is 0 Å². The van der Waals surface area contributed by atoms with Crippen molar-refractivity contribution >= 4 is 17.5 Å². The fourth-order valence-electron chi connectivity index (χ4n) is 1.18. The highest BCUT2D eigenvalue weighted by Gasteiger charge is 2.11. The van der Waals surface area contributed by atoms with Crippen molar-refractivity contribution in [2.75, 3.05) is 11.5 Å². The van der Waals surface area contributed by atoms with Crippen molar-refractivity contribution in [3.05, 3.63) is 35.9 Å². The Kier molecular flexibility index (Phi) is 2.28. The molecule has 0 aliphatic carbocycles. The Labute approximate surface area is 89.7 Å². The molecule has 0 amide bonds. The predicted molar refractivity (Wildman–Crippen MR) is 55.0 cm³/mol. The van der Waals surface area contributed by atoms with E-state index >= 15 is 0 Å². The number of carbonyl (C=O) groups is 1. The smallest absolute Gasteiger partial charge is 0.279 e. The standard InChI is InChI=1S/C9H8FN5O/c10-6-2-1-5(3-7(6)11)8(16)15-4-13-9(12)14-15/h1-4H,11H2,(H2,12,14). The minimum Gasteiger partial charge on any atom is -0.396 e. The molecule has 82 valence electrons. The Hall–Kier alpha value is -2.44. The number of nitrogens with two attached hydrogens (primary N) is 2. The van der Waals surface area contributed by atoms with Crippen molar-refractivity contribution in [1.29, 1.82) is 0 Å². The molecule has 0 saturated carbocycles. The molecule has 6 nitrogen and oxygen atoms in total. The molecule has 2 rings (SSSR count). The largest absolute Gasteiger partial charge is 0.396 e. The molecule has 0 saturated heterocycles. The maximum Gasteiger partial charge on any atom is 0.279 e. The molecule has 0 fully saturated rings. The number of benzene rings is 1. The summed E-state index contributed by atoms with van der Waals surface area (Å²) >= 11 is 0. The van der Waals surface area contributed by atoms with Crippen LogP contribution in [0, 0.1) is 5.82 Å². The Morgan fingerprint density at radius 3 is 2.69 bits per heavy atom. The van der Waals surface area contributed by atoms with E-state index in [0.717, 1.165) is 10.7 Å². The van der Waals surface area contributed by atoms with Crippen LogP contribution in [0.15, 0.2) is 24.5 Å². The first kappa shape index (κ1) is 10.1. The van der Waals surface area contributed by atoms with E-state index in [9.17, 15) is 9.18 Å². The van der Waals surface area contributed by atoms with Crippen LogP contribution in [0.1, 0.15) is 10.4 Å². The van der Waals surface area contributed by atoms with E-state index in [1.807, 2.05) is 0 Å². The molecule has 0 radical (unpaired) electrons. The van der Waals surface area contributed by atoms with E-state index in [-0.39, 0.29) is 17.2 Å². The monoisotopic (exact) mass is 221 g/mol. The third-order valence-electron chi connectivity index (χ3n) is 1.96. The summed E-state index contributed by atoms with van der Waals surface area (Å²) in [5.74, 6) is -1.06. The number of aromatic nitrogens is 3. The molecule has 1 heterocycles. The quantitative estimate of drug-likeness (QED) is 0.673. The van der Waals surface area contributed by atoms with Crippen LogP contribution < -0.4 is 11.5 Å². The van der Waals surface area contributed by atoms with Gasteiger partial charge in [0.05, 0.1) is 5.69 Å². The molecule has 0 spiro atoms. The van der Waals surface area contributed by atoms with Gasteiger partial charge in [-0.15, -0.1) is 5.10 Å². The summed E-state index contributed by atoms with van der Waals surface area (Å²) in [6.07, 6.45) is 1.18. The molecule has 0 atom stereocenters. The van der Waals surface area contributed by atoms with E-state index < -0.39 is 11.7 Å². The number of carbonyl (C=O) groups excluding carboxylic acids is 1. The molecule has 2 aromatic rings. The summed E-state index contributed by atoms with van der Waals surface area (Å²) in [7, 11) is 0. The molecule has 16 heavy (non-hydrogen) atoms. The number of hydrogen-bond donors (Lipinski definition) is 2. The van der Waals surface area contributed by atoms with Crippen molar-refractivity contribution < 1.29 is 9.18 Å². The van der Waals surface area contributed by atoms with Gasteiger partial charge in [-0.3, -0.25) is 4.79 Å². The lowest BCUT2D eigenvalue weighted by molar-refractivity contribution is 0.0945. The number of rotatable bonds is 1. The summed E-state index contributed by atoms with van der Waals surface area (Å²) in [5, 5.41) is 3.64. The lowest BCUT2D eigenvalue weighted by Crippen LogP contribution is -2.13. The summed E-state index contributed by atoms with van der Waals surface area (Å²) in [6, 6.07) is 3.66. The van der Waals surface area contributed by atoms with Crippen LogP contribution in [0.5, 0.6) is 0 Å². The first-order valence-electron chi connectivity index (χ1n) is 4.35. The molecule has 0 aliphatic rings. The van der Waals surface area contributed by atoms with Gasteiger partial charge < -0.3 is 11.5 Å². The Morgan fingerprint density at radius 1 is 1.38 bits per heavy atom. The van der Waals surface area contributed by atoms with Crippen molar-refractivity contribution in [3.8, 4) is 0 Å². The van der Waals surface area contributed by atoms with Gasteiger partial charge in [0.15, 0.2) is 0 Å². The molecular weight excluding hydrogens is 213 g/mol. The van der Waals surface area contributed by atoms with Crippen molar-refractivity contribution in [2.24, 2.45) is 0 Å². The third-order valence-corrected chi connectivity index (χ3v) is 1.96. The van der Waals surface area contributed by atoms with Crippen LogP contribution in [0.25, 0.3) is 0 Å². The van der Waals surface area contributed by atoms with Crippen molar-refractivity contribution in [1.82, 2.24) is 14.8 Å². The van der Waals surface area contributed by atoms with Gasteiger partial charge in [0.1, 0.15) is 12.1 Å². The average Bonchev–Trinajstić information content (AvgIpc) is 2.68. The topological polar surface area (TPSA) is 99.8 Å². The van der Waals surface area contributed by atoms with Crippen molar-refractivity contribution in [3.63, 3.8) is 0 Å². The van der Waals surface area contributed by atoms with Crippen LogP contribution in [0.3, 0.4) is 0 Å². The average molecular weight is 221 g/mol. The number of halogens is 1. The molecule has 0 bridgehead atoms. The highest BCUT2D eigenvalue weighted by Crippen LogP contribution is 2.13. The second-order valence-corrected chi connectivity index (χ2v) is 3.09. The van der Waals surface area contributed by atoms with Gasteiger partial charge in [-0.2, -0.15) is 4.68 Å². The summed E-state index contributed by atoms with van der Waals surface area (Å²) in [4.78, 5) is 15.4. The van der Waals surface area contributed by atoms with Gasteiger partial charge >= 0.3 is 0 Å². The van der Waals surface area contributed by atoms with Gasteiger partial charge in [-0.05, 0) is 18.2 Å².